The molecule has 1 aliphatic heterocycles. The van der Waals surface area contributed by atoms with Gasteiger partial charge in [0.05, 0.1) is 26.5 Å². The number of methoxy groups -OCH3 is 1. The van der Waals surface area contributed by atoms with Gasteiger partial charge in [0.2, 0.25) is 0 Å². The molecule has 0 aliphatic carbocycles. The largest absolute Gasteiger partial charge is 0.496 e. The highest BCUT2D eigenvalue weighted by atomic mass is 79.9. The van der Waals surface area contributed by atoms with Crippen LogP contribution in [0.4, 0.5) is 0 Å². The molecule has 0 radical (unpaired) electrons. The van der Waals surface area contributed by atoms with Gasteiger partial charge in [-0.25, -0.2) is 5.43 Å². The Labute approximate surface area is 167 Å². The Morgan fingerprint density at radius 3 is 2.85 bits per heavy atom. The average molecular weight is 432 g/mol. The van der Waals surface area contributed by atoms with Crippen LogP contribution in [-0.4, -0.2) is 50.4 Å². The molecule has 2 aromatic rings. The van der Waals surface area contributed by atoms with Crippen molar-refractivity contribution in [2.24, 2.45) is 5.10 Å². The average Bonchev–Trinajstić information content (AvgIpc) is 2.69. The molecule has 142 valence electrons. The van der Waals surface area contributed by atoms with E-state index in [4.69, 9.17) is 9.47 Å². The number of hydrogen-bond donors (Lipinski definition) is 1. The van der Waals surface area contributed by atoms with Crippen molar-refractivity contribution in [3.05, 3.63) is 63.6 Å². The lowest BCUT2D eigenvalue weighted by molar-refractivity contribution is 0.0339. The highest BCUT2D eigenvalue weighted by Gasteiger charge is 2.13. The molecule has 27 heavy (non-hydrogen) atoms. The maximum atomic E-state index is 12.1. The summed E-state index contributed by atoms with van der Waals surface area (Å²) in [4.78, 5) is 14.5. The Balaban J connectivity index is 1.66. The van der Waals surface area contributed by atoms with E-state index in [-0.39, 0.29) is 5.91 Å². The lowest BCUT2D eigenvalue weighted by Gasteiger charge is -2.27. The van der Waals surface area contributed by atoms with Crippen LogP contribution in [0.1, 0.15) is 21.5 Å². The Kier molecular flexibility index (Phi) is 6.98. The molecule has 0 aromatic heterocycles. The normalized spacial score (nSPS) is 15.0. The number of benzene rings is 2. The van der Waals surface area contributed by atoms with Crippen molar-refractivity contribution < 1.29 is 14.3 Å². The summed E-state index contributed by atoms with van der Waals surface area (Å²) in [7, 11) is 1.67. The van der Waals surface area contributed by atoms with Crippen LogP contribution in [-0.2, 0) is 11.3 Å². The summed E-state index contributed by atoms with van der Waals surface area (Å²) in [5.41, 5.74) is 5.08. The van der Waals surface area contributed by atoms with Crippen molar-refractivity contribution >= 4 is 28.1 Å². The second kappa shape index (κ2) is 9.64. The SMILES string of the molecule is COc1ccc(/C=N\NC(=O)c2cccc(Br)c2)cc1CN1CCOCC1. The van der Waals surface area contributed by atoms with Crippen LogP contribution >= 0.6 is 15.9 Å². The highest BCUT2D eigenvalue weighted by molar-refractivity contribution is 9.10. The first kappa shape index (κ1) is 19.5. The van der Waals surface area contributed by atoms with E-state index in [0.717, 1.165) is 54.2 Å². The summed E-state index contributed by atoms with van der Waals surface area (Å²) in [5, 5.41) is 4.08. The van der Waals surface area contributed by atoms with Gasteiger partial charge in [0.1, 0.15) is 5.75 Å². The van der Waals surface area contributed by atoms with E-state index >= 15 is 0 Å². The fourth-order valence-electron chi connectivity index (χ4n) is 2.86. The molecule has 1 aliphatic rings. The van der Waals surface area contributed by atoms with Crippen molar-refractivity contribution in [3.63, 3.8) is 0 Å². The van der Waals surface area contributed by atoms with Gasteiger partial charge < -0.3 is 9.47 Å². The minimum atomic E-state index is -0.255. The Hall–Kier alpha value is -2.22. The van der Waals surface area contributed by atoms with E-state index in [9.17, 15) is 4.79 Å². The number of rotatable bonds is 6. The molecule has 1 fully saturated rings. The molecule has 1 heterocycles. The minimum Gasteiger partial charge on any atom is -0.496 e. The van der Waals surface area contributed by atoms with Gasteiger partial charge in [-0.3, -0.25) is 9.69 Å². The monoisotopic (exact) mass is 431 g/mol. The zero-order valence-electron chi connectivity index (χ0n) is 15.2. The molecule has 1 N–H and O–H groups in total. The fourth-order valence-corrected chi connectivity index (χ4v) is 3.26. The maximum Gasteiger partial charge on any atom is 0.271 e. The van der Waals surface area contributed by atoms with Crippen LogP contribution in [0.15, 0.2) is 52.0 Å². The third-order valence-electron chi connectivity index (χ3n) is 4.27. The van der Waals surface area contributed by atoms with E-state index in [0.29, 0.717) is 5.56 Å². The summed E-state index contributed by atoms with van der Waals surface area (Å²) >= 11 is 3.36. The number of hydrogen-bond acceptors (Lipinski definition) is 5. The highest BCUT2D eigenvalue weighted by Crippen LogP contribution is 2.21. The third kappa shape index (κ3) is 5.63. The van der Waals surface area contributed by atoms with Gasteiger partial charge in [-0.1, -0.05) is 22.0 Å². The first-order chi connectivity index (χ1) is 13.2. The number of amides is 1. The molecular weight excluding hydrogens is 410 g/mol. The standard InChI is InChI=1S/C20H22BrN3O3/c1-26-19-6-5-15(11-17(19)14-24-7-9-27-10-8-24)13-22-23-20(25)16-3-2-4-18(21)12-16/h2-6,11-13H,7-10,14H2,1H3,(H,23,25)/b22-13-. The number of nitrogens with one attached hydrogen (secondary N) is 1. The molecule has 0 unspecified atom stereocenters. The summed E-state index contributed by atoms with van der Waals surface area (Å²) in [6, 6.07) is 13.0. The lowest BCUT2D eigenvalue weighted by atomic mass is 10.1. The number of halogens is 1. The zero-order valence-corrected chi connectivity index (χ0v) is 16.7. The van der Waals surface area contributed by atoms with E-state index in [2.05, 4.69) is 31.4 Å². The van der Waals surface area contributed by atoms with E-state index < -0.39 is 0 Å². The fraction of sp³-hybridized carbons (Fsp3) is 0.300. The first-order valence-electron chi connectivity index (χ1n) is 8.71. The van der Waals surface area contributed by atoms with Gasteiger partial charge >= 0.3 is 0 Å². The zero-order chi connectivity index (χ0) is 19.1. The predicted octanol–water partition coefficient (Wildman–Crippen LogP) is 3.05. The van der Waals surface area contributed by atoms with Crippen LogP contribution in [0.3, 0.4) is 0 Å². The van der Waals surface area contributed by atoms with Crippen LogP contribution in [0.25, 0.3) is 0 Å². The Bertz CT molecular complexity index is 820. The topological polar surface area (TPSA) is 63.2 Å². The van der Waals surface area contributed by atoms with Crippen molar-refractivity contribution in [2.45, 2.75) is 6.54 Å². The van der Waals surface area contributed by atoms with Crippen molar-refractivity contribution in [1.29, 1.82) is 0 Å². The maximum absolute atomic E-state index is 12.1. The smallest absolute Gasteiger partial charge is 0.271 e. The molecule has 1 saturated heterocycles. The summed E-state index contributed by atoms with van der Waals surface area (Å²) in [6.45, 7) is 4.11. The van der Waals surface area contributed by atoms with Crippen molar-refractivity contribution in [3.8, 4) is 5.75 Å². The lowest BCUT2D eigenvalue weighted by Crippen LogP contribution is -2.35. The van der Waals surface area contributed by atoms with E-state index in [1.54, 1.807) is 25.5 Å². The number of hydrazone groups is 1. The van der Waals surface area contributed by atoms with E-state index in [1.165, 1.54) is 0 Å². The van der Waals surface area contributed by atoms with E-state index in [1.807, 2.05) is 30.3 Å². The second-order valence-corrected chi connectivity index (χ2v) is 7.08. The molecule has 3 rings (SSSR count). The summed E-state index contributed by atoms with van der Waals surface area (Å²) in [6.07, 6.45) is 1.64. The van der Waals surface area contributed by atoms with Crippen LogP contribution in [0.5, 0.6) is 5.75 Å². The second-order valence-electron chi connectivity index (χ2n) is 6.17. The quantitative estimate of drug-likeness (QED) is 0.563. The van der Waals surface area contributed by atoms with Crippen molar-refractivity contribution in [1.82, 2.24) is 10.3 Å². The number of ether oxygens (including phenoxy) is 2. The van der Waals surface area contributed by atoms with Gasteiger partial charge in [0, 0.05) is 35.2 Å². The minimum absolute atomic E-state index is 0.255. The molecule has 6 nitrogen and oxygen atoms in total. The first-order valence-corrected chi connectivity index (χ1v) is 9.51. The summed E-state index contributed by atoms with van der Waals surface area (Å²) < 4.78 is 11.7. The van der Waals surface area contributed by atoms with Gasteiger partial charge in [0.25, 0.3) is 5.91 Å². The van der Waals surface area contributed by atoms with Gasteiger partial charge in [-0.2, -0.15) is 5.10 Å². The van der Waals surface area contributed by atoms with Crippen LogP contribution in [0, 0.1) is 0 Å². The number of carbonyl (C=O) groups excluding carboxylic acids is 1. The van der Waals surface area contributed by atoms with Crippen LogP contribution < -0.4 is 10.2 Å². The van der Waals surface area contributed by atoms with Crippen LogP contribution in [0.2, 0.25) is 0 Å². The summed E-state index contributed by atoms with van der Waals surface area (Å²) in [5.74, 6) is 0.589. The molecule has 0 spiro atoms. The molecule has 0 atom stereocenters. The molecule has 2 aromatic carbocycles. The van der Waals surface area contributed by atoms with Gasteiger partial charge in [0.15, 0.2) is 0 Å². The molecule has 0 saturated carbocycles. The van der Waals surface area contributed by atoms with Gasteiger partial charge in [-0.15, -0.1) is 0 Å². The molecular formula is C20H22BrN3O3. The Morgan fingerprint density at radius 2 is 2.11 bits per heavy atom. The molecule has 1 amide bonds. The number of carbonyl (C=O) groups is 1. The molecule has 0 bridgehead atoms. The predicted molar refractivity (Wildman–Crippen MR) is 108 cm³/mol. The number of morpholine rings is 1. The number of nitrogens with zero attached hydrogens (tertiary/aromatic N) is 2. The molecule has 7 heteroatoms. The third-order valence-corrected chi connectivity index (χ3v) is 4.76. The Morgan fingerprint density at radius 1 is 1.30 bits per heavy atom. The van der Waals surface area contributed by atoms with Crippen molar-refractivity contribution in [2.75, 3.05) is 33.4 Å². The van der Waals surface area contributed by atoms with Gasteiger partial charge in [-0.05, 0) is 42.0 Å².